The van der Waals surface area contributed by atoms with E-state index in [4.69, 9.17) is 16.9 Å². The lowest BCUT2D eigenvalue weighted by atomic mass is 10.2. The Balaban J connectivity index is 2.74. The highest BCUT2D eigenvalue weighted by Crippen LogP contribution is 2.25. The van der Waals surface area contributed by atoms with Gasteiger partial charge in [-0.05, 0) is 6.07 Å². The number of hydrogen-bond acceptors (Lipinski definition) is 4. The summed E-state index contributed by atoms with van der Waals surface area (Å²) in [6.07, 6.45) is 5.53. The Morgan fingerprint density at radius 2 is 2.33 bits per heavy atom. The van der Waals surface area contributed by atoms with E-state index in [0.717, 1.165) is 0 Å². The van der Waals surface area contributed by atoms with Crippen molar-refractivity contribution in [1.82, 2.24) is 0 Å². The Bertz CT molecular complexity index is 410. The maximum atomic E-state index is 10.5. The lowest BCUT2D eigenvalue weighted by Gasteiger charge is -2.04. The van der Waals surface area contributed by atoms with Crippen molar-refractivity contribution in [2.45, 2.75) is 6.42 Å². The number of anilines is 1. The molecule has 1 aromatic rings. The summed E-state index contributed by atoms with van der Waals surface area (Å²) in [4.78, 5) is 9.91. The molecule has 0 atom stereocenters. The monoisotopic (exact) mass is 206 g/mol. The second kappa shape index (κ2) is 4.86. The SMILES string of the molecule is C#CCCOc1ccc([N+](=O)[O-])c(N)c1. The van der Waals surface area contributed by atoms with Crippen LogP contribution in [0.1, 0.15) is 6.42 Å². The van der Waals surface area contributed by atoms with E-state index < -0.39 is 4.92 Å². The van der Waals surface area contributed by atoms with Crippen molar-refractivity contribution < 1.29 is 9.66 Å². The van der Waals surface area contributed by atoms with Crippen LogP contribution >= 0.6 is 0 Å². The van der Waals surface area contributed by atoms with Crippen molar-refractivity contribution in [2.75, 3.05) is 12.3 Å². The van der Waals surface area contributed by atoms with Gasteiger partial charge in [0.15, 0.2) is 0 Å². The Morgan fingerprint density at radius 3 is 2.87 bits per heavy atom. The molecule has 0 bridgehead atoms. The van der Waals surface area contributed by atoms with Crippen molar-refractivity contribution >= 4 is 11.4 Å². The number of nitrogen functional groups attached to an aromatic ring is 1. The first-order chi connectivity index (χ1) is 7.15. The normalized spacial score (nSPS) is 9.27. The zero-order chi connectivity index (χ0) is 11.3. The highest BCUT2D eigenvalue weighted by molar-refractivity contribution is 5.60. The third-order valence-corrected chi connectivity index (χ3v) is 1.71. The van der Waals surface area contributed by atoms with Gasteiger partial charge in [0, 0.05) is 18.6 Å². The summed E-state index contributed by atoms with van der Waals surface area (Å²) in [6, 6.07) is 4.21. The maximum Gasteiger partial charge on any atom is 0.292 e. The van der Waals surface area contributed by atoms with Crippen molar-refractivity contribution in [2.24, 2.45) is 0 Å². The summed E-state index contributed by atoms with van der Waals surface area (Å²) in [5, 5.41) is 10.5. The fraction of sp³-hybridized carbons (Fsp3) is 0.200. The third kappa shape index (κ3) is 2.88. The van der Waals surface area contributed by atoms with Gasteiger partial charge in [0.25, 0.3) is 5.69 Å². The highest BCUT2D eigenvalue weighted by atomic mass is 16.6. The number of nitro benzene ring substituents is 1. The van der Waals surface area contributed by atoms with Crippen LogP contribution in [-0.2, 0) is 0 Å². The number of ether oxygens (including phenoxy) is 1. The van der Waals surface area contributed by atoms with Gasteiger partial charge in [-0.2, -0.15) is 0 Å². The molecular weight excluding hydrogens is 196 g/mol. The van der Waals surface area contributed by atoms with Crippen molar-refractivity contribution in [3.8, 4) is 18.1 Å². The Kier molecular flexibility index (Phi) is 3.52. The van der Waals surface area contributed by atoms with Gasteiger partial charge in [-0.3, -0.25) is 10.1 Å². The average Bonchev–Trinajstić information content (AvgIpc) is 2.17. The molecule has 0 radical (unpaired) electrons. The fourth-order valence-corrected chi connectivity index (χ4v) is 1.02. The van der Waals surface area contributed by atoms with E-state index in [1.54, 1.807) is 0 Å². The number of benzene rings is 1. The number of nitrogens with zero attached hydrogens (tertiary/aromatic N) is 1. The minimum Gasteiger partial charge on any atom is -0.493 e. The van der Waals surface area contributed by atoms with Crippen molar-refractivity contribution in [1.29, 1.82) is 0 Å². The van der Waals surface area contributed by atoms with E-state index in [9.17, 15) is 10.1 Å². The molecule has 1 aromatic carbocycles. The highest BCUT2D eigenvalue weighted by Gasteiger charge is 2.11. The molecular formula is C10H10N2O3. The first-order valence-electron chi connectivity index (χ1n) is 4.25. The molecule has 1 rings (SSSR count). The Morgan fingerprint density at radius 1 is 1.60 bits per heavy atom. The second-order valence-corrected chi connectivity index (χ2v) is 2.78. The summed E-state index contributed by atoms with van der Waals surface area (Å²) in [5.41, 5.74) is 5.42. The molecule has 0 aromatic heterocycles. The molecule has 0 heterocycles. The predicted molar refractivity (Wildman–Crippen MR) is 56.5 cm³/mol. The van der Waals surface area contributed by atoms with E-state index in [2.05, 4.69) is 5.92 Å². The molecule has 0 unspecified atom stereocenters. The van der Waals surface area contributed by atoms with Crippen LogP contribution in [0, 0.1) is 22.5 Å². The topological polar surface area (TPSA) is 78.4 Å². The molecule has 15 heavy (non-hydrogen) atoms. The standard InChI is InChI=1S/C10H10N2O3/c1-2-3-6-15-8-4-5-10(12(13)14)9(11)7-8/h1,4-5,7H,3,6,11H2. The molecule has 5 nitrogen and oxygen atoms in total. The van der Waals surface area contributed by atoms with Gasteiger partial charge >= 0.3 is 0 Å². The van der Waals surface area contributed by atoms with Gasteiger partial charge in [-0.25, -0.2) is 0 Å². The molecule has 0 aliphatic carbocycles. The fourth-order valence-electron chi connectivity index (χ4n) is 1.02. The van der Waals surface area contributed by atoms with E-state index in [-0.39, 0.29) is 11.4 Å². The largest absolute Gasteiger partial charge is 0.493 e. The summed E-state index contributed by atoms with van der Waals surface area (Å²) in [6.45, 7) is 0.369. The molecule has 0 amide bonds. The van der Waals surface area contributed by atoms with Crippen molar-refractivity contribution in [3.05, 3.63) is 28.3 Å². The summed E-state index contributed by atoms with van der Waals surface area (Å²) in [7, 11) is 0. The Hall–Kier alpha value is -2.22. The number of nitro groups is 1. The molecule has 78 valence electrons. The number of rotatable bonds is 4. The first-order valence-corrected chi connectivity index (χ1v) is 4.25. The lowest BCUT2D eigenvalue weighted by Crippen LogP contribution is -1.99. The van der Waals surface area contributed by atoms with Crippen LogP contribution in [0.15, 0.2) is 18.2 Å². The van der Waals surface area contributed by atoms with Crippen LogP contribution < -0.4 is 10.5 Å². The number of terminal acetylenes is 1. The number of nitrogens with two attached hydrogens (primary N) is 1. The lowest BCUT2D eigenvalue weighted by molar-refractivity contribution is -0.383. The molecule has 0 saturated heterocycles. The second-order valence-electron chi connectivity index (χ2n) is 2.78. The van der Waals surface area contributed by atoms with Crippen molar-refractivity contribution in [3.63, 3.8) is 0 Å². The van der Waals surface area contributed by atoms with Crippen LogP contribution in [0.3, 0.4) is 0 Å². The van der Waals surface area contributed by atoms with Gasteiger partial charge in [0.05, 0.1) is 11.5 Å². The number of hydrogen-bond donors (Lipinski definition) is 1. The van der Waals surface area contributed by atoms with Crippen LogP contribution in [0.2, 0.25) is 0 Å². The van der Waals surface area contributed by atoms with Gasteiger partial charge < -0.3 is 10.5 Å². The van der Waals surface area contributed by atoms with Gasteiger partial charge in [-0.1, -0.05) is 0 Å². The maximum absolute atomic E-state index is 10.5. The molecule has 2 N–H and O–H groups in total. The summed E-state index contributed by atoms with van der Waals surface area (Å²) >= 11 is 0. The van der Waals surface area contributed by atoms with Gasteiger partial charge in [-0.15, -0.1) is 12.3 Å². The molecule has 0 aliphatic heterocycles. The van der Waals surface area contributed by atoms with Crippen LogP contribution in [0.5, 0.6) is 5.75 Å². The molecule has 5 heteroatoms. The molecule has 0 saturated carbocycles. The summed E-state index contributed by atoms with van der Waals surface area (Å²) in [5.74, 6) is 2.90. The minimum atomic E-state index is -0.541. The Labute approximate surface area is 87.0 Å². The summed E-state index contributed by atoms with van der Waals surface area (Å²) < 4.78 is 5.22. The van der Waals surface area contributed by atoms with Gasteiger partial charge in [0.1, 0.15) is 11.4 Å². The van der Waals surface area contributed by atoms with E-state index >= 15 is 0 Å². The van der Waals surface area contributed by atoms with E-state index in [1.165, 1.54) is 18.2 Å². The van der Waals surface area contributed by atoms with E-state index in [1.807, 2.05) is 0 Å². The zero-order valence-electron chi connectivity index (χ0n) is 7.97. The smallest absolute Gasteiger partial charge is 0.292 e. The first kappa shape index (κ1) is 10.9. The average molecular weight is 206 g/mol. The van der Waals surface area contributed by atoms with Crippen LogP contribution in [0.25, 0.3) is 0 Å². The third-order valence-electron chi connectivity index (χ3n) is 1.71. The predicted octanol–water partition coefficient (Wildman–Crippen LogP) is 1.58. The zero-order valence-corrected chi connectivity index (χ0v) is 7.97. The quantitative estimate of drug-likeness (QED) is 0.267. The molecule has 0 fully saturated rings. The minimum absolute atomic E-state index is 0.0817. The van der Waals surface area contributed by atoms with E-state index in [0.29, 0.717) is 18.8 Å². The van der Waals surface area contributed by atoms with Crippen LogP contribution in [-0.4, -0.2) is 11.5 Å². The molecule has 0 aliphatic rings. The van der Waals surface area contributed by atoms with Crippen LogP contribution in [0.4, 0.5) is 11.4 Å². The molecule has 0 spiro atoms. The van der Waals surface area contributed by atoms with Gasteiger partial charge in [0.2, 0.25) is 0 Å².